The van der Waals surface area contributed by atoms with E-state index < -0.39 is 0 Å². The van der Waals surface area contributed by atoms with Crippen LogP contribution in [0, 0.1) is 0 Å². The minimum absolute atomic E-state index is 0.540. The summed E-state index contributed by atoms with van der Waals surface area (Å²) in [5.74, 6) is 2.29. The van der Waals surface area contributed by atoms with Gasteiger partial charge in [-0.3, -0.25) is 0 Å². The smallest absolute Gasteiger partial charge is 0.276 e. The van der Waals surface area contributed by atoms with Gasteiger partial charge in [0.2, 0.25) is 5.89 Å². The van der Waals surface area contributed by atoms with Gasteiger partial charge in [-0.15, -0.1) is 10.2 Å². The first-order valence-electron chi connectivity index (χ1n) is 7.10. The summed E-state index contributed by atoms with van der Waals surface area (Å²) in [5, 5.41) is 8.78. The van der Waals surface area contributed by atoms with E-state index in [1.807, 2.05) is 36.4 Å². The average Bonchev–Trinajstić information content (AvgIpc) is 3.04. The molecule has 0 amide bonds. The van der Waals surface area contributed by atoms with Crippen LogP contribution in [0.3, 0.4) is 0 Å². The van der Waals surface area contributed by atoms with Crippen LogP contribution in [-0.4, -0.2) is 23.1 Å². The topological polar surface area (TPSA) is 48.2 Å². The summed E-state index contributed by atoms with van der Waals surface area (Å²) in [6.45, 7) is 0. The van der Waals surface area contributed by atoms with E-state index in [1.54, 1.807) is 18.9 Å². The predicted octanol–water partition coefficient (Wildman–Crippen LogP) is 4.84. The quantitative estimate of drug-likeness (QED) is 0.563. The van der Waals surface area contributed by atoms with E-state index in [1.165, 1.54) is 5.56 Å². The molecule has 0 aliphatic rings. The van der Waals surface area contributed by atoms with E-state index in [2.05, 4.69) is 38.3 Å². The van der Waals surface area contributed by atoms with Gasteiger partial charge in [0.05, 0.1) is 7.11 Å². The average molecular weight is 391 g/mol. The molecule has 23 heavy (non-hydrogen) atoms. The standard InChI is InChI=1S/C17H15BrN2O2S/c1-21-15-7-5-12(6-8-15)9-10-23-17-20-19-16(22-17)13-3-2-4-14(18)11-13/h2-8,11H,9-10H2,1H3. The SMILES string of the molecule is COc1ccc(CCSc2nnc(-c3cccc(Br)c3)o2)cc1. The van der Waals surface area contributed by atoms with Gasteiger partial charge in [-0.25, -0.2) is 0 Å². The van der Waals surface area contributed by atoms with Crippen LogP contribution in [0.15, 0.2) is 62.6 Å². The van der Waals surface area contributed by atoms with Crippen molar-refractivity contribution in [3.63, 3.8) is 0 Å². The lowest BCUT2D eigenvalue weighted by molar-refractivity contribution is 0.414. The summed E-state index contributed by atoms with van der Waals surface area (Å²) < 4.78 is 11.8. The van der Waals surface area contributed by atoms with Gasteiger partial charge in [-0.05, 0) is 42.3 Å². The summed E-state index contributed by atoms with van der Waals surface area (Å²) in [4.78, 5) is 0. The summed E-state index contributed by atoms with van der Waals surface area (Å²) in [5.41, 5.74) is 2.17. The summed E-state index contributed by atoms with van der Waals surface area (Å²) in [6, 6.07) is 15.9. The second kappa shape index (κ2) is 7.66. The Balaban J connectivity index is 1.56. The van der Waals surface area contributed by atoms with Crippen LogP contribution in [0.2, 0.25) is 0 Å². The van der Waals surface area contributed by atoms with E-state index in [4.69, 9.17) is 9.15 Å². The molecule has 0 spiro atoms. The van der Waals surface area contributed by atoms with Crippen molar-refractivity contribution in [3.05, 3.63) is 58.6 Å². The van der Waals surface area contributed by atoms with Crippen LogP contribution in [0.4, 0.5) is 0 Å². The molecule has 1 heterocycles. The maximum absolute atomic E-state index is 5.70. The Bertz CT molecular complexity index is 774. The van der Waals surface area contributed by atoms with Crippen LogP contribution in [0.1, 0.15) is 5.56 Å². The molecule has 0 fully saturated rings. The van der Waals surface area contributed by atoms with Gasteiger partial charge in [-0.2, -0.15) is 0 Å². The number of thioether (sulfide) groups is 1. The monoisotopic (exact) mass is 390 g/mol. The molecule has 1 aromatic heterocycles. The first-order valence-corrected chi connectivity index (χ1v) is 8.87. The number of halogens is 1. The van der Waals surface area contributed by atoms with Gasteiger partial charge in [0, 0.05) is 15.8 Å². The molecule has 0 saturated heterocycles. The highest BCUT2D eigenvalue weighted by Gasteiger charge is 2.09. The van der Waals surface area contributed by atoms with E-state index in [0.717, 1.165) is 28.0 Å². The Morgan fingerprint density at radius 3 is 2.70 bits per heavy atom. The first kappa shape index (κ1) is 16.1. The van der Waals surface area contributed by atoms with Crippen molar-refractivity contribution in [1.29, 1.82) is 0 Å². The van der Waals surface area contributed by atoms with Crippen LogP contribution >= 0.6 is 27.7 Å². The van der Waals surface area contributed by atoms with Crippen molar-refractivity contribution >= 4 is 27.7 Å². The molecule has 6 heteroatoms. The number of rotatable bonds is 6. The molecule has 2 aromatic carbocycles. The Hall–Kier alpha value is -1.79. The summed E-state index contributed by atoms with van der Waals surface area (Å²) >= 11 is 5.00. The van der Waals surface area contributed by atoms with Crippen LogP contribution in [-0.2, 0) is 6.42 Å². The molecular formula is C17H15BrN2O2S. The van der Waals surface area contributed by atoms with Crippen molar-refractivity contribution in [2.75, 3.05) is 12.9 Å². The zero-order valence-corrected chi connectivity index (χ0v) is 14.9. The third-order valence-electron chi connectivity index (χ3n) is 3.25. The van der Waals surface area contributed by atoms with Gasteiger partial charge < -0.3 is 9.15 Å². The lowest BCUT2D eigenvalue weighted by Crippen LogP contribution is -1.89. The van der Waals surface area contributed by atoms with Crippen LogP contribution in [0.25, 0.3) is 11.5 Å². The van der Waals surface area contributed by atoms with Gasteiger partial charge >= 0.3 is 0 Å². The lowest BCUT2D eigenvalue weighted by Gasteiger charge is -2.02. The third-order valence-corrected chi connectivity index (χ3v) is 4.57. The van der Waals surface area contributed by atoms with E-state index >= 15 is 0 Å². The number of benzene rings is 2. The minimum Gasteiger partial charge on any atom is -0.497 e. The van der Waals surface area contributed by atoms with E-state index in [9.17, 15) is 0 Å². The zero-order valence-electron chi connectivity index (χ0n) is 12.5. The van der Waals surface area contributed by atoms with Crippen molar-refractivity contribution in [2.45, 2.75) is 11.6 Å². The number of aromatic nitrogens is 2. The van der Waals surface area contributed by atoms with Gasteiger partial charge in [0.1, 0.15) is 5.75 Å². The number of aryl methyl sites for hydroxylation is 1. The summed E-state index contributed by atoms with van der Waals surface area (Å²) in [7, 11) is 1.67. The number of hydrogen-bond donors (Lipinski definition) is 0. The normalized spacial score (nSPS) is 10.7. The molecule has 0 atom stereocenters. The van der Waals surface area contributed by atoms with Gasteiger partial charge in [0.15, 0.2) is 0 Å². The number of hydrogen-bond acceptors (Lipinski definition) is 5. The number of ether oxygens (including phenoxy) is 1. The molecule has 0 N–H and O–H groups in total. The molecule has 3 aromatic rings. The molecule has 0 aliphatic heterocycles. The lowest BCUT2D eigenvalue weighted by atomic mass is 10.2. The fourth-order valence-electron chi connectivity index (χ4n) is 2.05. The molecule has 0 unspecified atom stereocenters. The Kier molecular flexibility index (Phi) is 5.35. The molecule has 0 saturated carbocycles. The molecule has 0 bridgehead atoms. The highest BCUT2D eigenvalue weighted by molar-refractivity contribution is 9.10. The summed E-state index contributed by atoms with van der Waals surface area (Å²) in [6.07, 6.45) is 0.934. The maximum atomic E-state index is 5.70. The number of nitrogens with zero attached hydrogens (tertiary/aromatic N) is 2. The molecule has 118 valence electrons. The van der Waals surface area contributed by atoms with E-state index in [0.29, 0.717) is 11.1 Å². The Labute approximate surface area is 147 Å². The fourth-order valence-corrected chi connectivity index (χ4v) is 3.20. The maximum Gasteiger partial charge on any atom is 0.276 e. The van der Waals surface area contributed by atoms with Crippen LogP contribution in [0.5, 0.6) is 5.75 Å². The van der Waals surface area contributed by atoms with Crippen molar-refractivity contribution < 1.29 is 9.15 Å². The Morgan fingerprint density at radius 1 is 1.13 bits per heavy atom. The third kappa shape index (κ3) is 4.36. The fraction of sp³-hybridized carbons (Fsp3) is 0.176. The molecule has 0 aliphatic carbocycles. The van der Waals surface area contributed by atoms with E-state index in [-0.39, 0.29) is 0 Å². The van der Waals surface area contributed by atoms with Gasteiger partial charge in [0.25, 0.3) is 5.22 Å². The molecule has 3 rings (SSSR count). The number of methoxy groups -OCH3 is 1. The van der Waals surface area contributed by atoms with Crippen molar-refractivity contribution in [2.24, 2.45) is 0 Å². The molecular weight excluding hydrogens is 376 g/mol. The predicted molar refractivity (Wildman–Crippen MR) is 94.9 cm³/mol. The highest BCUT2D eigenvalue weighted by Crippen LogP contribution is 2.25. The first-order chi connectivity index (χ1) is 11.2. The minimum atomic E-state index is 0.540. The largest absolute Gasteiger partial charge is 0.497 e. The molecule has 4 nitrogen and oxygen atoms in total. The second-order valence-electron chi connectivity index (χ2n) is 4.83. The van der Waals surface area contributed by atoms with Crippen molar-refractivity contribution in [3.8, 4) is 17.2 Å². The van der Waals surface area contributed by atoms with Gasteiger partial charge in [-0.1, -0.05) is 45.9 Å². The highest BCUT2D eigenvalue weighted by atomic mass is 79.9. The van der Waals surface area contributed by atoms with Crippen LogP contribution < -0.4 is 4.74 Å². The molecule has 0 radical (unpaired) electrons. The van der Waals surface area contributed by atoms with Crippen molar-refractivity contribution in [1.82, 2.24) is 10.2 Å². The second-order valence-corrected chi connectivity index (χ2v) is 6.79. The Morgan fingerprint density at radius 2 is 1.96 bits per heavy atom. The zero-order chi connectivity index (χ0) is 16.1.